The summed E-state index contributed by atoms with van der Waals surface area (Å²) in [5.74, 6) is 1.67. The van der Waals surface area contributed by atoms with Crippen LogP contribution >= 0.6 is 0 Å². The average molecular weight is 189 g/mol. The summed E-state index contributed by atoms with van der Waals surface area (Å²) >= 11 is 0. The van der Waals surface area contributed by atoms with E-state index < -0.39 is 0 Å². The molecule has 2 rings (SSSR count). The minimum atomic E-state index is 0.770. The van der Waals surface area contributed by atoms with E-state index in [1.807, 2.05) is 6.20 Å². The number of nitrogens with zero attached hydrogens (tertiary/aromatic N) is 1. The highest BCUT2D eigenvalue weighted by molar-refractivity contribution is 5.21. The molecule has 0 saturated heterocycles. The molecule has 1 heteroatoms. The van der Waals surface area contributed by atoms with E-state index >= 15 is 0 Å². The second kappa shape index (κ2) is 4.12. The first-order valence-electron chi connectivity index (χ1n) is 5.67. The Morgan fingerprint density at radius 2 is 2.14 bits per heavy atom. The summed E-state index contributed by atoms with van der Waals surface area (Å²) in [6.07, 6.45) is 9.50. The van der Waals surface area contributed by atoms with Crippen molar-refractivity contribution in [2.24, 2.45) is 5.92 Å². The van der Waals surface area contributed by atoms with Crippen molar-refractivity contribution in [1.29, 1.82) is 0 Å². The molecule has 1 unspecified atom stereocenters. The van der Waals surface area contributed by atoms with Crippen LogP contribution in [0.2, 0.25) is 0 Å². The van der Waals surface area contributed by atoms with E-state index in [0.717, 1.165) is 11.8 Å². The van der Waals surface area contributed by atoms with Crippen LogP contribution < -0.4 is 0 Å². The SMILES string of the molecule is Cc1cncc(C2CCC[C@@H](C)C2)c1. The maximum atomic E-state index is 4.28. The monoisotopic (exact) mass is 189 g/mol. The fraction of sp³-hybridized carbons (Fsp3) is 0.615. The number of rotatable bonds is 1. The Balaban J connectivity index is 2.14. The number of pyridine rings is 1. The van der Waals surface area contributed by atoms with E-state index in [-0.39, 0.29) is 0 Å². The van der Waals surface area contributed by atoms with Gasteiger partial charge >= 0.3 is 0 Å². The van der Waals surface area contributed by atoms with Crippen LogP contribution in [0.3, 0.4) is 0 Å². The van der Waals surface area contributed by atoms with Gasteiger partial charge in [-0.3, -0.25) is 4.98 Å². The molecule has 1 heterocycles. The van der Waals surface area contributed by atoms with Crippen LogP contribution in [-0.4, -0.2) is 4.98 Å². The second-order valence-corrected chi connectivity index (χ2v) is 4.76. The summed E-state index contributed by atoms with van der Waals surface area (Å²) < 4.78 is 0. The summed E-state index contributed by atoms with van der Waals surface area (Å²) in [7, 11) is 0. The molecule has 0 aliphatic heterocycles. The first-order valence-corrected chi connectivity index (χ1v) is 5.67. The standard InChI is InChI=1S/C13H19N/c1-10-4-3-5-12(6-10)13-7-11(2)8-14-9-13/h7-10,12H,3-6H2,1-2H3/t10-,12?/m1/s1. The van der Waals surface area contributed by atoms with E-state index in [1.165, 1.54) is 36.8 Å². The molecule has 0 spiro atoms. The van der Waals surface area contributed by atoms with Gasteiger partial charge in [-0.05, 0) is 42.7 Å². The van der Waals surface area contributed by atoms with Crippen molar-refractivity contribution in [1.82, 2.24) is 4.98 Å². The van der Waals surface area contributed by atoms with Crippen LogP contribution in [-0.2, 0) is 0 Å². The van der Waals surface area contributed by atoms with Crippen LogP contribution in [0.4, 0.5) is 0 Å². The van der Waals surface area contributed by atoms with Crippen LogP contribution in [0, 0.1) is 12.8 Å². The van der Waals surface area contributed by atoms with Crippen molar-refractivity contribution < 1.29 is 0 Å². The Bertz CT molecular complexity index is 306. The van der Waals surface area contributed by atoms with Crippen LogP contribution in [0.25, 0.3) is 0 Å². The average Bonchev–Trinajstić information content (AvgIpc) is 2.18. The molecule has 14 heavy (non-hydrogen) atoms. The molecule has 1 aromatic heterocycles. The minimum absolute atomic E-state index is 0.770. The quantitative estimate of drug-likeness (QED) is 0.656. The maximum Gasteiger partial charge on any atom is 0.0302 e. The predicted octanol–water partition coefficient (Wildman–Crippen LogP) is 3.68. The van der Waals surface area contributed by atoms with Crippen molar-refractivity contribution in [3.63, 3.8) is 0 Å². The van der Waals surface area contributed by atoms with Gasteiger partial charge in [0.2, 0.25) is 0 Å². The van der Waals surface area contributed by atoms with Crippen molar-refractivity contribution in [3.05, 3.63) is 29.6 Å². The summed E-state index contributed by atoms with van der Waals surface area (Å²) in [6, 6.07) is 2.30. The lowest BCUT2D eigenvalue weighted by Gasteiger charge is -2.26. The topological polar surface area (TPSA) is 12.9 Å². The Morgan fingerprint density at radius 3 is 2.86 bits per heavy atom. The molecule has 1 fully saturated rings. The van der Waals surface area contributed by atoms with Crippen molar-refractivity contribution >= 4 is 0 Å². The molecule has 0 N–H and O–H groups in total. The zero-order chi connectivity index (χ0) is 9.97. The Kier molecular flexibility index (Phi) is 2.85. The van der Waals surface area contributed by atoms with Gasteiger partial charge in [-0.2, -0.15) is 0 Å². The number of hydrogen-bond donors (Lipinski definition) is 0. The van der Waals surface area contributed by atoms with Gasteiger partial charge in [-0.15, -0.1) is 0 Å². The fourth-order valence-electron chi connectivity index (χ4n) is 2.54. The van der Waals surface area contributed by atoms with Gasteiger partial charge < -0.3 is 0 Å². The minimum Gasteiger partial charge on any atom is -0.264 e. The first kappa shape index (κ1) is 9.70. The molecule has 0 aromatic carbocycles. The zero-order valence-electron chi connectivity index (χ0n) is 9.16. The van der Waals surface area contributed by atoms with Crippen molar-refractivity contribution in [2.45, 2.75) is 45.4 Å². The molecular weight excluding hydrogens is 170 g/mol. The highest BCUT2D eigenvalue weighted by atomic mass is 14.6. The highest BCUT2D eigenvalue weighted by Crippen LogP contribution is 2.35. The first-order chi connectivity index (χ1) is 6.75. The van der Waals surface area contributed by atoms with E-state index in [1.54, 1.807) is 0 Å². The number of aryl methyl sites for hydroxylation is 1. The molecule has 1 aliphatic carbocycles. The molecular formula is C13H19N. The molecule has 0 bridgehead atoms. The molecule has 0 radical (unpaired) electrons. The van der Waals surface area contributed by atoms with Crippen LogP contribution in [0.15, 0.2) is 18.5 Å². The van der Waals surface area contributed by atoms with Gasteiger partial charge in [0.1, 0.15) is 0 Å². The lowest BCUT2D eigenvalue weighted by atomic mass is 9.79. The summed E-state index contributed by atoms with van der Waals surface area (Å²) in [4.78, 5) is 4.28. The normalized spacial score (nSPS) is 27.6. The van der Waals surface area contributed by atoms with Gasteiger partial charge in [0.05, 0.1) is 0 Å². The van der Waals surface area contributed by atoms with Gasteiger partial charge in [0.25, 0.3) is 0 Å². The Hall–Kier alpha value is -0.850. The summed E-state index contributed by atoms with van der Waals surface area (Å²) in [5.41, 5.74) is 2.75. The molecule has 1 nitrogen and oxygen atoms in total. The molecule has 1 aliphatic rings. The van der Waals surface area contributed by atoms with E-state index in [2.05, 4.69) is 31.1 Å². The summed E-state index contributed by atoms with van der Waals surface area (Å²) in [6.45, 7) is 4.50. The third kappa shape index (κ3) is 2.14. The second-order valence-electron chi connectivity index (χ2n) is 4.76. The maximum absolute atomic E-state index is 4.28. The Morgan fingerprint density at radius 1 is 1.29 bits per heavy atom. The highest BCUT2D eigenvalue weighted by Gasteiger charge is 2.20. The largest absolute Gasteiger partial charge is 0.264 e. The fourth-order valence-corrected chi connectivity index (χ4v) is 2.54. The lowest BCUT2D eigenvalue weighted by Crippen LogP contribution is -2.11. The van der Waals surface area contributed by atoms with E-state index in [0.29, 0.717) is 0 Å². The summed E-state index contributed by atoms with van der Waals surface area (Å²) in [5, 5.41) is 0. The predicted molar refractivity (Wildman–Crippen MR) is 59.3 cm³/mol. The smallest absolute Gasteiger partial charge is 0.0302 e. The molecule has 0 amide bonds. The lowest BCUT2D eigenvalue weighted by molar-refractivity contribution is 0.343. The third-order valence-corrected chi connectivity index (χ3v) is 3.30. The molecule has 1 aromatic rings. The van der Waals surface area contributed by atoms with Gasteiger partial charge in [0.15, 0.2) is 0 Å². The molecule has 1 saturated carbocycles. The van der Waals surface area contributed by atoms with Crippen LogP contribution in [0.1, 0.15) is 49.7 Å². The molecule has 76 valence electrons. The van der Waals surface area contributed by atoms with Crippen LogP contribution in [0.5, 0.6) is 0 Å². The number of hydrogen-bond acceptors (Lipinski definition) is 1. The van der Waals surface area contributed by atoms with Crippen molar-refractivity contribution in [2.75, 3.05) is 0 Å². The van der Waals surface area contributed by atoms with Gasteiger partial charge in [-0.1, -0.05) is 25.8 Å². The Labute approximate surface area is 86.6 Å². The number of aromatic nitrogens is 1. The third-order valence-electron chi connectivity index (χ3n) is 3.30. The van der Waals surface area contributed by atoms with E-state index in [4.69, 9.17) is 0 Å². The van der Waals surface area contributed by atoms with Crippen molar-refractivity contribution in [3.8, 4) is 0 Å². The van der Waals surface area contributed by atoms with E-state index in [9.17, 15) is 0 Å². The zero-order valence-corrected chi connectivity index (χ0v) is 9.16. The van der Waals surface area contributed by atoms with Gasteiger partial charge in [-0.25, -0.2) is 0 Å². The van der Waals surface area contributed by atoms with Gasteiger partial charge in [0, 0.05) is 12.4 Å². The molecule has 2 atom stereocenters.